The Morgan fingerprint density at radius 2 is 1.79 bits per heavy atom. The van der Waals surface area contributed by atoms with Crippen molar-refractivity contribution in [1.29, 1.82) is 0 Å². The van der Waals surface area contributed by atoms with Crippen LogP contribution in [0.3, 0.4) is 0 Å². The molecular weight excluding hydrogens is 371 g/mol. The fourth-order valence-electron chi connectivity index (χ4n) is 2.26. The van der Waals surface area contributed by atoms with E-state index >= 15 is 0 Å². The molecule has 2 aromatic carbocycles. The Labute approximate surface area is 148 Å². The van der Waals surface area contributed by atoms with Gasteiger partial charge < -0.3 is 10.6 Å². The van der Waals surface area contributed by atoms with E-state index in [0.717, 1.165) is 10.2 Å². The van der Waals surface area contributed by atoms with Crippen molar-refractivity contribution in [3.05, 3.63) is 76.3 Å². The maximum absolute atomic E-state index is 13.7. The number of hydrogen-bond donors (Lipinski definition) is 2. The molecular formula is C18H16BrFN4. The number of aryl methyl sites for hydroxylation is 1. The molecule has 0 aliphatic rings. The van der Waals surface area contributed by atoms with E-state index in [1.807, 2.05) is 37.3 Å². The topological polar surface area (TPSA) is 49.8 Å². The first-order valence-corrected chi connectivity index (χ1v) is 8.25. The van der Waals surface area contributed by atoms with Crippen molar-refractivity contribution in [3.63, 3.8) is 0 Å². The first-order chi connectivity index (χ1) is 11.6. The highest BCUT2D eigenvalue weighted by atomic mass is 79.9. The monoisotopic (exact) mass is 386 g/mol. The van der Waals surface area contributed by atoms with Gasteiger partial charge in [-0.1, -0.05) is 40.2 Å². The van der Waals surface area contributed by atoms with Crippen LogP contribution in [0.25, 0.3) is 0 Å². The molecule has 0 amide bonds. The van der Waals surface area contributed by atoms with Gasteiger partial charge in [0.1, 0.15) is 23.3 Å². The van der Waals surface area contributed by atoms with Crippen molar-refractivity contribution >= 4 is 33.3 Å². The standard InChI is InChI=1S/C18H16BrFN4/c1-12-22-17(21-11-13-5-2-3-8-16(13)20)10-18(23-12)24-15-7-4-6-14(19)9-15/h2-10H,11H2,1H3,(H2,21,22,23,24). The second-order valence-electron chi connectivity index (χ2n) is 5.27. The zero-order chi connectivity index (χ0) is 16.9. The summed E-state index contributed by atoms with van der Waals surface area (Å²) in [6.07, 6.45) is 0. The van der Waals surface area contributed by atoms with E-state index in [-0.39, 0.29) is 5.82 Å². The van der Waals surface area contributed by atoms with Crippen LogP contribution < -0.4 is 10.6 Å². The summed E-state index contributed by atoms with van der Waals surface area (Å²) >= 11 is 3.44. The van der Waals surface area contributed by atoms with Gasteiger partial charge in [-0.3, -0.25) is 0 Å². The molecule has 122 valence electrons. The van der Waals surface area contributed by atoms with Crippen molar-refractivity contribution < 1.29 is 4.39 Å². The van der Waals surface area contributed by atoms with E-state index in [9.17, 15) is 4.39 Å². The molecule has 0 atom stereocenters. The molecule has 0 bridgehead atoms. The average Bonchev–Trinajstić information content (AvgIpc) is 2.53. The van der Waals surface area contributed by atoms with Crippen LogP contribution in [0.2, 0.25) is 0 Å². The van der Waals surface area contributed by atoms with Gasteiger partial charge in [0, 0.05) is 28.3 Å². The number of anilines is 3. The molecule has 6 heteroatoms. The van der Waals surface area contributed by atoms with Crippen LogP contribution >= 0.6 is 15.9 Å². The van der Waals surface area contributed by atoms with E-state index in [4.69, 9.17) is 0 Å². The van der Waals surface area contributed by atoms with Crippen LogP contribution in [0.4, 0.5) is 21.7 Å². The minimum atomic E-state index is -0.233. The molecule has 3 aromatic rings. The molecule has 0 spiro atoms. The second-order valence-corrected chi connectivity index (χ2v) is 6.18. The lowest BCUT2D eigenvalue weighted by molar-refractivity contribution is 0.613. The molecule has 0 fully saturated rings. The van der Waals surface area contributed by atoms with Gasteiger partial charge in [0.2, 0.25) is 0 Å². The summed E-state index contributed by atoms with van der Waals surface area (Å²) in [7, 11) is 0. The van der Waals surface area contributed by atoms with Crippen molar-refractivity contribution in [2.45, 2.75) is 13.5 Å². The van der Waals surface area contributed by atoms with Gasteiger partial charge >= 0.3 is 0 Å². The maximum atomic E-state index is 13.7. The minimum Gasteiger partial charge on any atom is -0.366 e. The van der Waals surface area contributed by atoms with Crippen molar-refractivity contribution in [2.75, 3.05) is 10.6 Å². The van der Waals surface area contributed by atoms with Gasteiger partial charge in [-0.2, -0.15) is 0 Å². The number of hydrogen-bond acceptors (Lipinski definition) is 4. The Morgan fingerprint density at radius 1 is 1.00 bits per heavy atom. The third-order valence-electron chi connectivity index (χ3n) is 3.35. The van der Waals surface area contributed by atoms with Gasteiger partial charge in [0.15, 0.2) is 0 Å². The summed E-state index contributed by atoms with van der Waals surface area (Å²) in [5.74, 6) is 1.72. The Hall–Kier alpha value is -2.47. The van der Waals surface area contributed by atoms with E-state index in [0.29, 0.717) is 29.6 Å². The normalized spacial score (nSPS) is 10.5. The van der Waals surface area contributed by atoms with Gasteiger partial charge in [-0.05, 0) is 31.2 Å². The number of rotatable bonds is 5. The predicted octanol–water partition coefficient (Wildman–Crippen LogP) is 5.04. The Morgan fingerprint density at radius 3 is 2.58 bits per heavy atom. The lowest BCUT2D eigenvalue weighted by atomic mass is 10.2. The summed E-state index contributed by atoms with van der Waals surface area (Å²) < 4.78 is 14.7. The van der Waals surface area contributed by atoms with E-state index in [1.165, 1.54) is 6.07 Å². The lowest BCUT2D eigenvalue weighted by Crippen LogP contribution is -2.06. The summed E-state index contributed by atoms with van der Waals surface area (Å²) in [5, 5.41) is 6.38. The highest BCUT2D eigenvalue weighted by Crippen LogP contribution is 2.21. The van der Waals surface area contributed by atoms with Crippen LogP contribution in [-0.4, -0.2) is 9.97 Å². The van der Waals surface area contributed by atoms with Crippen LogP contribution in [0.1, 0.15) is 11.4 Å². The molecule has 2 N–H and O–H groups in total. The van der Waals surface area contributed by atoms with Gasteiger partial charge in [0.05, 0.1) is 0 Å². The summed E-state index contributed by atoms with van der Waals surface area (Å²) in [5.41, 5.74) is 1.51. The molecule has 0 radical (unpaired) electrons. The molecule has 0 unspecified atom stereocenters. The number of benzene rings is 2. The molecule has 4 nitrogen and oxygen atoms in total. The quantitative estimate of drug-likeness (QED) is 0.644. The summed E-state index contributed by atoms with van der Waals surface area (Å²) in [6, 6.07) is 16.3. The number of aromatic nitrogens is 2. The molecule has 0 aliphatic heterocycles. The number of halogens is 2. The highest BCUT2D eigenvalue weighted by molar-refractivity contribution is 9.10. The smallest absolute Gasteiger partial charge is 0.136 e. The zero-order valence-electron chi connectivity index (χ0n) is 13.1. The number of nitrogens with zero attached hydrogens (tertiary/aromatic N) is 2. The SMILES string of the molecule is Cc1nc(NCc2ccccc2F)cc(Nc2cccc(Br)c2)n1. The van der Waals surface area contributed by atoms with Gasteiger partial charge in [0.25, 0.3) is 0 Å². The van der Waals surface area contributed by atoms with Crippen LogP contribution in [-0.2, 0) is 6.54 Å². The van der Waals surface area contributed by atoms with Crippen LogP contribution in [0, 0.1) is 12.7 Å². The molecule has 0 saturated carbocycles. The van der Waals surface area contributed by atoms with Gasteiger partial charge in [-0.15, -0.1) is 0 Å². The zero-order valence-corrected chi connectivity index (χ0v) is 14.6. The van der Waals surface area contributed by atoms with Crippen molar-refractivity contribution in [3.8, 4) is 0 Å². The van der Waals surface area contributed by atoms with Gasteiger partial charge in [-0.25, -0.2) is 14.4 Å². The summed E-state index contributed by atoms with van der Waals surface area (Å²) in [4.78, 5) is 8.72. The Bertz CT molecular complexity index is 854. The Kier molecular flexibility index (Phi) is 5.05. The predicted molar refractivity (Wildman–Crippen MR) is 97.9 cm³/mol. The minimum absolute atomic E-state index is 0.233. The number of nitrogens with one attached hydrogen (secondary N) is 2. The largest absolute Gasteiger partial charge is 0.366 e. The fourth-order valence-corrected chi connectivity index (χ4v) is 2.66. The third kappa shape index (κ3) is 4.29. The van der Waals surface area contributed by atoms with Crippen molar-refractivity contribution in [1.82, 2.24) is 9.97 Å². The first kappa shape index (κ1) is 16.4. The maximum Gasteiger partial charge on any atom is 0.136 e. The molecule has 1 aromatic heterocycles. The molecule has 0 aliphatic carbocycles. The van der Waals surface area contributed by atoms with Crippen LogP contribution in [0.15, 0.2) is 59.1 Å². The molecule has 0 saturated heterocycles. The van der Waals surface area contributed by atoms with Crippen LogP contribution in [0.5, 0.6) is 0 Å². The van der Waals surface area contributed by atoms with E-state index in [2.05, 4.69) is 36.5 Å². The Balaban J connectivity index is 1.75. The summed E-state index contributed by atoms with van der Waals surface area (Å²) in [6.45, 7) is 2.18. The fraction of sp³-hybridized carbons (Fsp3) is 0.111. The third-order valence-corrected chi connectivity index (χ3v) is 3.85. The second kappa shape index (κ2) is 7.40. The van der Waals surface area contributed by atoms with E-state index < -0.39 is 0 Å². The lowest BCUT2D eigenvalue weighted by Gasteiger charge is -2.11. The molecule has 3 rings (SSSR count). The highest BCUT2D eigenvalue weighted by Gasteiger charge is 2.05. The van der Waals surface area contributed by atoms with Crippen molar-refractivity contribution in [2.24, 2.45) is 0 Å². The average molecular weight is 387 g/mol. The molecule has 1 heterocycles. The first-order valence-electron chi connectivity index (χ1n) is 7.46. The van der Waals surface area contributed by atoms with E-state index in [1.54, 1.807) is 18.2 Å². The molecule has 24 heavy (non-hydrogen) atoms.